The second-order valence-electron chi connectivity index (χ2n) is 9.26. The van der Waals surface area contributed by atoms with Crippen LogP contribution < -0.4 is 0 Å². The smallest absolute Gasteiger partial charge is 0.309 e. The summed E-state index contributed by atoms with van der Waals surface area (Å²) in [4.78, 5) is 21.7. The van der Waals surface area contributed by atoms with Crippen LogP contribution in [0.15, 0.2) is 18.2 Å². The van der Waals surface area contributed by atoms with Crippen LogP contribution in [0.1, 0.15) is 89.3 Å². The zero-order valence-corrected chi connectivity index (χ0v) is 18.3. The van der Waals surface area contributed by atoms with E-state index in [0.29, 0.717) is 6.47 Å². The Morgan fingerprint density at radius 1 is 0.929 bits per heavy atom. The normalized spacial score (nSPS) is 12.0. The Bertz CT molecular complexity index is 631. The van der Waals surface area contributed by atoms with Crippen LogP contribution in [0.25, 0.3) is 0 Å². The molecule has 0 aliphatic carbocycles. The maximum absolute atomic E-state index is 11.2. The molecule has 0 heterocycles. The molecule has 1 aromatic rings. The third-order valence-electron chi connectivity index (χ3n) is 5.40. The number of aryl methyl sites for hydroxylation is 3. The van der Waals surface area contributed by atoms with E-state index in [0.717, 1.165) is 57.8 Å². The van der Waals surface area contributed by atoms with Gasteiger partial charge in [0.25, 0.3) is 6.47 Å². The standard InChI is InChI=1S/C24H38O4/c1-19-15-20(11-7-6-9-13-23(2,3)22(26)27)17-21(16-19)12-8-10-14-24(4,5)28-18-25/h15-18H,6-14H2,1-5H3,(H,26,27). The van der Waals surface area contributed by atoms with E-state index in [1.54, 1.807) is 13.8 Å². The largest absolute Gasteiger partial charge is 0.481 e. The van der Waals surface area contributed by atoms with E-state index in [9.17, 15) is 14.7 Å². The van der Waals surface area contributed by atoms with E-state index in [2.05, 4.69) is 25.1 Å². The summed E-state index contributed by atoms with van der Waals surface area (Å²) in [5.74, 6) is -0.711. The Kier molecular flexibility index (Phi) is 9.71. The van der Waals surface area contributed by atoms with Crippen molar-refractivity contribution in [3.05, 3.63) is 34.9 Å². The monoisotopic (exact) mass is 390 g/mol. The molecule has 0 spiro atoms. The highest BCUT2D eigenvalue weighted by atomic mass is 16.5. The van der Waals surface area contributed by atoms with Gasteiger partial charge in [-0.1, -0.05) is 36.6 Å². The number of hydrogen-bond acceptors (Lipinski definition) is 3. The van der Waals surface area contributed by atoms with Gasteiger partial charge in [-0.05, 0) is 90.7 Å². The van der Waals surface area contributed by atoms with Crippen molar-refractivity contribution in [1.82, 2.24) is 0 Å². The molecule has 4 heteroatoms. The van der Waals surface area contributed by atoms with Crippen molar-refractivity contribution in [2.45, 2.75) is 98.0 Å². The lowest BCUT2D eigenvalue weighted by Crippen LogP contribution is -2.23. The molecule has 0 aromatic heterocycles. The van der Waals surface area contributed by atoms with Gasteiger partial charge in [-0.3, -0.25) is 9.59 Å². The van der Waals surface area contributed by atoms with Crippen molar-refractivity contribution in [2.24, 2.45) is 5.41 Å². The SMILES string of the molecule is Cc1cc(CCCCCC(C)(C)C(=O)O)cc(CCCCC(C)(C)OC=O)c1. The molecular weight excluding hydrogens is 352 g/mol. The van der Waals surface area contributed by atoms with Gasteiger partial charge in [0.1, 0.15) is 5.60 Å². The molecule has 0 atom stereocenters. The lowest BCUT2D eigenvalue weighted by Gasteiger charge is -2.22. The fraction of sp³-hybridized carbons (Fsp3) is 0.667. The minimum atomic E-state index is -0.711. The third kappa shape index (κ3) is 9.38. The number of carbonyl (C=O) groups excluding carboxylic acids is 1. The molecule has 0 saturated heterocycles. The number of hydrogen-bond donors (Lipinski definition) is 1. The van der Waals surface area contributed by atoms with Crippen LogP contribution >= 0.6 is 0 Å². The Hall–Kier alpha value is -1.84. The first-order valence-electron chi connectivity index (χ1n) is 10.5. The molecular formula is C24H38O4. The summed E-state index contributed by atoms with van der Waals surface area (Å²) in [5.41, 5.74) is 3.04. The van der Waals surface area contributed by atoms with Crippen LogP contribution in [0.2, 0.25) is 0 Å². The first-order valence-corrected chi connectivity index (χ1v) is 10.5. The molecule has 1 N–H and O–H groups in total. The predicted octanol–water partition coefficient (Wildman–Crippen LogP) is 5.87. The zero-order valence-electron chi connectivity index (χ0n) is 18.3. The highest BCUT2D eigenvalue weighted by Gasteiger charge is 2.25. The van der Waals surface area contributed by atoms with Gasteiger partial charge in [0.15, 0.2) is 0 Å². The molecule has 0 aliphatic rings. The van der Waals surface area contributed by atoms with Gasteiger partial charge in [-0.25, -0.2) is 0 Å². The Labute approximate surface area is 170 Å². The van der Waals surface area contributed by atoms with Crippen LogP contribution in [0.4, 0.5) is 0 Å². The number of rotatable bonds is 14. The van der Waals surface area contributed by atoms with E-state index in [4.69, 9.17) is 4.74 Å². The molecule has 158 valence electrons. The van der Waals surface area contributed by atoms with Gasteiger partial charge < -0.3 is 9.84 Å². The molecule has 1 aromatic carbocycles. The van der Waals surface area contributed by atoms with Crippen LogP contribution in [0.3, 0.4) is 0 Å². The first kappa shape index (κ1) is 24.2. The van der Waals surface area contributed by atoms with Gasteiger partial charge >= 0.3 is 5.97 Å². The third-order valence-corrected chi connectivity index (χ3v) is 5.40. The molecule has 0 fully saturated rings. The van der Waals surface area contributed by atoms with E-state index in [-0.39, 0.29) is 5.60 Å². The molecule has 0 radical (unpaired) electrons. The topological polar surface area (TPSA) is 63.6 Å². The summed E-state index contributed by atoms with van der Waals surface area (Å²) in [6.45, 7) is 10.2. The number of benzene rings is 1. The van der Waals surface area contributed by atoms with Crippen molar-refractivity contribution < 1.29 is 19.4 Å². The predicted molar refractivity (Wildman–Crippen MR) is 114 cm³/mol. The summed E-state index contributed by atoms with van der Waals surface area (Å²) in [6.07, 6.45) is 8.91. The van der Waals surface area contributed by atoms with Crippen molar-refractivity contribution >= 4 is 12.4 Å². The molecule has 1 rings (SSSR count). The van der Waals surface area contributed by atoms with Gasteiger partial charge in [-0.15, -0.1) is 0 Å². The van der Waals surface area contributed by atoms with Crippen molar-refractivity contribution in [3.63, 3.8) is 0 Å². The van der Waals surface area contributed by atoms with E-state index in [1.807, 2.05) is 13.8 Å². The van der Waals surface area contributed by atoms with Crippen LogP contribution in [0.5, 0.6) is 0 Å². The number of aliphatic carboxylic acids is 1. The summed E-state index contributed by atoms with van der Waals surface area (Å²) >= 11 is 0. The van der Waals surface area contributed by atoms with E-state index in [1.165, 1.54) is 16.7 Å². The highest BCUT2D eigenvalue weighted by Crippen LogP contribution is 2.24. The van der Waals surface area contributed by atoms with Gasteiger partial charge in [-0.2, -0.15) is 0 Å². The fourth-order valence-electron chi connectivity index (χ4n) is 3.49. The summed E-state index contributed by atoms with van der Waals surface area (Å²) in [7, 11) is 0. The van der Waals surface area contributed by atoms with Gasteiger partial charge in [0.2, 0.25) is 0 Å². The number of carboxylic acids is 1. The maximum Gasteiger partial charge on any atom is 0.309 e. The van der Waals surface area contributed by atoms with E-state index >= 15 is 0 Å². The molecule has 28 heavy (non-hydrogen) atoms. The van der Waals surface area contributed by atoms with Gasteiger partial charge in [0, 0.05) is 0 Å². The van der Waals surface area contributed by atoms with Crippen LogP contribution in [0, 0.1) is 12.3 Å². The number of carbonyl (C=O) groups is 2. The van der Waals surface area contributed by atoms with E-state index < -0.39 is 11.4 Å². The minimum Gasteiger partial charge on any atom is -0.481 e. The highest BCUT2D eigenvalue weighted by molar-refractivity contribution is 5.73. The van der Waals surface area contributed by atoms with Crippen LogP contribution in [-0.4, -0.2) is 23.1 Å². The quantitative estimate of drug-likeness (QED) is 0.318. The second-order valence-corrected chi connectivity index (χ2v) is 9.26. The van der Waals surface area contributed by atoms with Crippen molar-refractivity contribution in [3.8, 4) is 0 Å². The minimum absolute atomic E-state index is 0.380. The van der Waals surface area contributed by atoms with Crippen LogP contribution in [-0.2, 0) is 27.2 Å². The zero-order chi connectivity index (χ0) is 21.2. The average molecular weight is 391 g/mol. The molecule has 0 unspecified atom stereocenters. The summed E-state index contributed by atoms with van der Waals surface area (Å²) in [6, 6.07) is 6.82. The Morgan fingerprint density at radius 3 is 2.00 bits per heavy atom. The Balaban J connectivity index is 2.40. The molecule has 0 saturated carbocycles. The lowest BCUT2D eigenvalue weighted by molar-refractivity contribution is -0.147. The Morgan fingerprint density at radius 2 is 1.46 bits per heavy atom. The molecule has 0 amide bonds. The van der Waals surface area contributed by atoms with Gasteiger partial charge in [0.05, 0.1) is 5.41 Å². The van der Waals surface area contributed by atoms with Crippen molar-refractivity contribution in [1.29, 1.82) is 0 Å². The molecule has 4 nitrogen and oxygen atoms in total. The van der Waals surface area contributed by atoms with Crippen molar-refractivity contribution in [2.75, 3.05) is 0 Å². The number of ether oxygens (including phenoxy) is 1. The second kappa shape index (κ2) is 11.2. The molecule has 0 aliphatic heterocycles. The summed E-state index contributed by atoms with van der Waals surface area (Å²) in [5, 5.41) is 9.17. The molecule has 0 bridgehead atoms. The number of carboxylic acid groups (broad SMARTS) is 1. The maximum atomic E-state index is 11.2. The number of unbranched alkanes of at least 4 members (excludes halogenated alkanes) is 3. The fourth-order valence-corrected chi connectivity index (χ4v) is 3.49. The first-order chi connectivity index (χ1) is 13.1. The summed E-state index contributed by atoms with van der Waals surface area (Å²) < 4.78 is 5.10. The lowest BCUT2D eigenvalue weighted by atomic mass is 9.87. The average Bonchev–Trinajstić information content (AvgIpc) is 2.58.